The molecular weight excluding hydrogens is 549 g/mol. The smallest absolute Gasteiger partial charge is 0.140 e. The molecule has 0 saturated carbocycles. The number of aromatic nitrogens is 4. The molecule has 0 atom stereocenters. The minimum atomic E-state index is 0.761. The van der Waals surface area contributed by atoms with Crippen LogP contribution in [-0.4, -0.2) is 19.1 Å². The Balaban J connectivity index is 1.19. The topological polar surface area (TPSA) is 44.9 Å². The lowest BCUT2D eigenvalue weighted by Gasteiger charge is -2.10. The second-order valence-corrected chi connectivity index (χ2v) is 11.9. The van der Waals surface area contributed by atoms with E-state index in [2.05, 4.69) is 95.0 Å². The summed E-state index contributed by atoms with van der Waals surface area (Å²) in [5.74, 6) is 3.31. The fourth-order valence-electron chi connectivity index (χ4n) is 6.25. The van der Waals surface area contributed by atoms with Crippen LogP contribution in [0.25, 0.3) is 70.2 Å². The molecule has 6 heteroatoms. The van der Waals surface area contributed by atoms with Crippen molar-refractivity contribution < 1.29 is 4.74 Å². The second-order valence-electron chi connectivity index (χ2n) is 10.8. The van der Waals surface area contributed by atoms with Crippen molar-refractivity contribution in [2.45, 2.75) is 0 Å². The van der Waals surface area contributed by atoms with E-state index in [1.54, 1.807) is 0 Å². The van der Waals surface area contributed by atoms with Crippen molar-refractivity contribution in [1.29, 1.82) is 0 Å². The third kappa shape index (κ3) is 3.77. The van der Waals surface area contributed by atoms with Gasteiger partial charge in [-0.05, 0) is 66.7 Å². The van der Waals surface area contributed by atoms with Crippen molar-refractivity contribution in [3.8, 4) is 28.7 Å². The standard InChI is InChI=1S/C37H24N4OS/c1-40-31-13-4-3-12-30(31)39-37(40)23-9-8-10-24(19-23)42-25-16-17-26-28-22-35-29(27-11-2-5-14-34(27)43-35)21-33(28)41(32(26)20-25)36-15-6-7-18-38-36/h2-22H,1H3. The molecule has 0 radical (unpaired) electrons. The number of nitrogens with zero attached hydrogens (tertiary/aromatic N) is 4. The summed E-state index contributed by atoms with van der Waals surface area (Å²) in [6, 6.07) is 42.0. The van der Waals surface area contributed by atoms with Crippen LogP contribution in [0.5, 0.6) is 11.5 Å². The van der Waals surface area contributed by atoms with E-state index >= 15 is 0 Å². The lowest BCUT2D eigenvalue weighted by molar-refractivity contribution is 0.483. The molecule has 4 aromatic heterocycles. The van der Waals surface area contributed by atoms with Gasteiger partial charge in [-0.25, -0.2) is 9.97 Å². The van der Waals surface area contributed by atoms with Crippen molar-refractivity contribution in [3.05, 3.63) is 128 Å². The minimum absolute atomic E-state index is 0.761. The molecule has 5 nitrogen and oxygen atoms in total. The molecule has 0 amide bonds. The Morgan fingerprint density at radius 1 is 0.605 bits per heavy atom. The van der Waals surface area contributed by atoms with Gasteiger partial charge in [0.25, 0.3) is 0 Å². The lowest BCUT2D eigenvalue weighted by atomic mass is 10.1. The molecule has 43 heavy (non-hydrogen) atoms. The Morgan fingerprint density at radius 3 is 2.35 bits per heavy atom. The first kappa shape index (κ1) is 24.2. The van der Waals surface area contributed by atoms with Gasteiger partial charge in [0, 0.05) is 55.8 Å². The van der Waals surface area contributed by atoms with Crippen molar-refractivity contribution in [1.82, 2.24) is 19.1 Å². The normalized spacial score (nSPS) is 11.8. The highest BCUT2D eigenvalue weighted by Crippen LogP contribution is 2.41. The Kier molecular flexibility index (Phi) is 5.21. The number of thiophene rings is 1. The van der Waals surface area contributed by atoms with Crippen LogP contribution in [0, 0.1) is 0 Å². The minimum Gasteiger partial charge on any atom is -0.457 e. The lowest BCUT2D eigenvalue weighted by Crippen LogP contribution is -1.96. The monoisotopic (exact) mass is 572 g/mol. The SMILES string of the molecule is Cn1c(-c2cccc(Oc3ccc4c5cc6sc7ccccc7c6cc5n(-c5ccccn5)c4c3)c2)nc2ccccc21. The molecule has 0 unspecified atom stereocenters. The Bertz CT molecular complexity index is 2500. The van der Waals surface area contributed by atoms with Gasteiger partial charge in [-0.15, -0.1) is 11.3 Å². The molecule has 0 bridgehead atoms. The number of hydrogen-bond donors (Lipinski definition) is 0. The first-order chi connectivity index (χ1) is 21.2. The highest BCUT2D eigenvalue weighted by molar-refractivity contribution is 7.25. The van der Waals surface area contributed by atoms with Gasteiger partial charge >= 0.3 is 0 Å². The van der Waals surface area contributed by atoms with Gasteiger partial charge in [0.05, 0.1) is 22.1 Å². The average molecular weight is 573 g/mol. The third-order valence-electron chi connectivity index (χ3n) is 8.23. The van der Waals surface area contributed by atoms with E-state index in [-0.39, 0.29) is 0 Å². The van der Waals surface area contributed by atoms with Crippen molar-refractivity contribution in [3.63, 3.8) is 0 Å². The van der Waals surface area contributed by atoms with Crippen LogP contribution in [0.4, 0.5) is 0 Å². The van der Waals surface area contributed by atoms with Gasteiger partial charge in [0.2, 0.25) is 0 Å². The second kappa shape index (κ2) is 9.28. The van der Waals surface area contributed by atoms with Crippen LogP contribution >= 0.6 is 11.3 Å². The number of fused-ring (bicyclic) bond motifs is 7. The number of pyridine rings is 1. The van der Waals surface area contributed by atoms with Crippen molar-refractivity contribution in [2.75, 3.05) is 0 Å². The van der Waals surface area contributed by atoms with Crippen LogP contribution in [0.1, 0.15) is 0 Å². The zero-order chi connectivity index (χ0) is 28.5. The van der Waals surface area contributed by atoms with Gasteiger partial charge in [0.15, 0.2) is 0 Å². The van der Waals surface area contributed by atoms with Crippen molar-refractivity contribution in [2.24, 2.45) is 7.05 Å². The highest BCUT2D eigenvalue weighted by Gasteiger charge is 2.17. The summed E-state index contributed by atoms with van der Waals surface area (Å²) in [6.07, 6.45) is 1.85. The number of rotatable bonds is 4. The molecule has 0 N–H and O–H groups in total. The molecule has 0 aliphatic carbocycles. The van der Waals surface area contributed by atoms with Crippen LogP contribution in [-0.2, 0) is 7.05 Å². The summed E-state index contributed by atoms with van der Waals surface area (Å²) in [6.45, 7) is 0. The summed E-state index contributed by atoms with van der Waals surface area (Å²) in [5, 5.41) is 4.92. The number of hydrogen-bond acceptors (Lipinski definition) is 4. The number of ether oxygens (including phenoxy) is 1. The molecular formula is C37H24N4OS. The average Bonchev–Trinajstić information content (AvgIpc) is 3.69. The molecule has 0 aliphatic rings. The first-order valence-electron chi connectivity index (χ1n) is 14.2. The van der Waals surface area contributed by atoms with Gasteiger partial charge in [0.1, 0.15) is 23.1 Å². The number of imidazole rings is 1. The molecule has 0 spiro atoms. The first-order valence-corrected chi connectivity index (χ1v) is 15.0. The van der Waals surface area contributed by atoms with Crippen molar-refractivity contribution >= 4 is 64.3 Å². The van der Waals surface area contributed by atoms with Crippen LogP contribution in [0.15, 0.2) is 128 Å². The summed E-state index contributed by atoms with van der Waals surface area (Å²) >= 11 is 1.84. The predicted octanol–water partition coefficient (Wildman–Crippen LogP) is 9.89. The highest BCUT2D eigenvalue weighted by atomic mass is 32.1. The molecule has 4 heterocycles. The van der Waals surface area contributed by atoms with E-state index in [1.165, 1.54) is 30.9 Å². The maximum absolute atomic E-state index is 6.50. The summed E-state index contributed by atoms with van der Waals surface area (Å²) in [5.41, 5.74) is 5.27. The molecule has 9 rings (SSSR count). The number of benzene rings is 5. The van der Waals surface area contributed by atoms with E-state index in [9.17, 15) is 0 Å². The molecule has 204 valence electrons. The number of aryl methyl sites for hydroxylation is 1. The quantitative estimate of drug-likeness (QED) is 0.211. The molecule has 5 aromatic carbocycles. The Labute approximate surface area is 250 Å². The molecule has 0 aliphatic heterocycles. The zero-order valence-electron chi connectivity index (χ0n) is 23.2. The summed E-state index contributed by atoms with van der Waals surface area (Å²) in [4.78, 5) is 9.63. The zero-order valence-corrected chi connectivity index (χ0v) is 24.0. The number of para-hydroxylation sites is 2. The van der Waals surface area contributed by atoms with Gasteiger partial charge < -0.3 is 9.30 Å². The molecule has 0 saturated heterocycles. The van der Waals surface area contributed by atoms with E-state index in [0.717, 1.165) is 50.8 Å². The van der Waals surface area contributed by atoms with E-state index < -0.39 is 0 Å². The third-order valence-corrected chi connectivity index (χ3v) is 9.36. The Hall–Kier alpha value is -5.46. The van der Waals surface area contributed by atoms with Gasteiger partial charge in [-0.1, -0.05) is 48.5 Å². The molecule has 0 fully saturated rings. The Morgan fingerprint density at radius 2 is 1.44 bits per heavy atom. The van der Waals surface area contributed by atoms with Crippen LogP contribution in [0.3, 0.4) is 0 Å². The predicted molar refractivity (Wildman–Crippen MR) is 178 cm³/mol. The van der Waals surface area contributed by atoms with E-state index in [4.69, 9.17) is 14.7 Å². The maximum atomic E-state index is 6.50. The van der Waals surface area contributed by atoms with E-state index in [1.807, 2.05) is 60.0 Å². The maximum Gasteiger partial charge on any atom is 0.140 e. The summed E-state index contributed by atoms with van der Waals surface area (Å²) < 4.78 is 13.5. The van der Waals surface area contributed by atoms with Crippen LogP contribution < -0.4 is 4.74 Å². The summed E-state index contributed by atoms with van der Waals surface area (Å²) in [7, 11) is 2.05. The molecule has 9 aromatic rings. The van der Waals surface area contributed by atoms with E-state index in [0.29, 0.717) is 0 Å². The fourth-order valence-corrected chi connectivity index (χ4v) is 7.38. The van der Waals surface area contributed by atoms with Gasteiger partial charge in [-0.3, -0.25) is 4.57 Å². The largest absolute Gasteiger partial charge is 0.457 e. The van der Waals surface area contributed by atoms with Gasteiger partial charge in [-0.2, -0.15) is 0 Å². The van der Waals surface area contributed by atoms with Crippen LogP contribution in [0.2, 0.25) is 0 Å². The fraction of sp³-hybridized carbons (Fsp3) is 0.0270.